The zero-order chi connectivity index (χ0) is 8.72. The zero-order valence-corrected chi connectivity index (χ0v) is 6.89. The Hall–Kier alpha value is -1.22. The van der Waals surface area contributed by atoms with Crippen LogP contribution in [0.15, 0.2) is 12.1 Å². The first-order chi connectivity index (χ1) is 5.68. The fourth-order valence-electron chi connectivity index (χ4n) is 1.24. The van der Waals surface area contributed by atoms with Gasteiger partial charge in [-0.05, 0) is 12.1 Å². The van der Waals surface area contributed by atoms with Crippen molar-refractivity contribution in [2.75, 3.05) is 5.73 Å². The zero-order valence-electron chi connectivity index (χ0n) is 6.13. The van der Waals surface area contributed by atoms with Crippen molar-refractivity contribution in [3.8, 4) is 0 Å². The second kappa shape index (κ2) is 2.38. The van der Waals surface area contributed by atoms with E-state index in [0.717, 1.165) is 5.56 Å². The van der Waals surface area contributed by atoms with Gasteiger partial charge in [0.2, 0.25) is 0 Å². The summed E-state index contributed by atoms with van der Waals surface area (Å²) in [7, 11) is 0. The number of cyclic esters (lactones) is 1. The van der Waals surface area contributed by atoms with E-state index in [-0.39, 0.29) is 12.6 Å². The molecule has 0 unspecified atom stereocenters. The highest BCUT2D eigenvalue weighted by atomic mass is 35.5. The van der Waals surface area contributed by atoms with E-state index in [1.807, 2.05) is 0 Å². The molecule has 62 valence electrons. The lowest BCUT2D eigenvalue weighted by Gasteiger charge is -1.98. The number of carbonyl (C=O) groups excluding carboxylic acids is 1. The summed E-state index contributed by atoms with van der Waals surface area (Å²) in [5.41, 5.74) is 7.30. The van der Waals surface area contributed by atoms with Crippen LogP contribution in [-0.4, -0.2) is 5.97 Å². The maximum Gasteiger partial charge on any atom is 0.340 e. The van der Waals surface area contributed by atoms with Crippen molar-refractivity contribution in [1.82, 2.24) is 0 Å². The van der Waals surface area contributed by atoms with Crippen LogP contribution in [0.1, 0.15) is 15.9 Å². The van der Waals surface area contributed by atoms with Crippen molar-refractivity contribution in [3.63, 3.8) is 0 Å². The Morgan fingerprint density at radius 1 is 1.50 bits per heavy atom. The number of benzene rings is 1. The largest absolute Gasteiger partial charge is 0.457 e. The van der Waals surface area contributed by atoms with Crippen molar-refractivity contribution < 1.29 is 9.53 Å². The number of hydrogen-bond donors (Lipinski definition) is 1. The van der Waals surface area contributed by atoms with Crippen LogP contribution in [0.4, 0.5) is 5.69 Å². The Labute approximate surface area is 74.1 Å². The average molecular weight is 184 g/mol. The molecule has 2 rings (SSSR count). The molecule has 0 bridgehead atoms. The average Bonchev–Trinajstić information content (AvgIpc) is 2.31. The molecule has 0 radical (unpaired) electrons. The lowest BCUT2D eigenvalue weighted by Crippen LogP contribution is -1.95. The van der Waals surface area contributed by atoms with Gasteiger partial charge in [-0.3, -0.25) is 0 Å². The van der Waals surface area contributed by atoms with Crippen molar-refractivity contribution in [2.24, 2.45) is 0 Å². The summed E-state index contributed by atoms with van der Waals surface area (Å²) < 4.78 is 4.78. The summed E-state index contributed by atoms with van der Waals surface area (Å²) >= 11 is 5.79. The number of carbonyl (C=O) groups is 1. The molecule has 0 spiro atoms. The lowest BCUT2D eigenvalue weighted by atomic mass is 10.1. The SMILES string of the molecule is Nc1cc(Cl)c2c(c1)COC2=O. The molecule has 1 aliphatic rings. The van der Waals surface area contributed by atoms with Crippen LogP contribution in [0.3, 0.4) is 0 Å². The first-order valence-corrected chi connectivity index (χ1v) is 3.81. The van der Waals surface area contributed by atoms with Crippen molar-refractivity contribution >= 4 is 23.3 Å². The summed E-state index contributed by atoms with van der Waals surface area (Å²) in [5, 5.41) is 0.368. The van der Waals surface area contributed by atoms with Crippen LogP contribution in [-0.2, 0) is 11.3 Å². The molecule has 1 heterocycles. The molecule has 1 aliphatic heterocycles. The lowest BCUT2D eigenvalue weighted by molar-refractivity contribution is 0.0535. The highest BCUT2D eigenvalue weighted by Crippen LogP contribution is 2.29. The predicted molar refractivity (Wildman–Crippen MR) is 45.0 cm³/mol. The molecule has 0 atom stereocenters. The summed E-state index contributed by atoms with van der Waals surface area (Å²) in [6, 6.07) is 3.25. The van der Waals surface area contributed by atoms with Gasteiger partial charge in [0, 0.05) is 11.3 Å². The molecule has 3 nitrogen and oxygen atoms in total. The van der Waals surface area contributed by atoms with Crippen LogP contribution in [0, 0.1) is 0 Å². The highest BCUT2D eigenvalue weighted by molar-refractivity contribution is 6.34. The minimum atomic E-state index is -0.366. The smallest absolute Gasteiger partial charge is 0.340 e. The van der Waals surface area contributed by atoms with Gasteiger partial charge < -0.3 is 10.5 Å². The minimum Gasteiger partial charge on any atom is -0.457 e. The number of esters is 1. The van der Waals surface area contributed by atoms with Gasteiger partial charge in [-0.15, -0.1) is 0 Å². The van der Waals surface area contributed by atoms with E-state index in [1.165, 1.54) is 0 Å². The molecule has 4 heteroatoms. The van der Waals surface area contributed by atoms with Gasteiger partial charge in [0.05, 0.1) is 10.6 Å². The normalized spacial score (nSPS) is 14.2. The van der Waals surface area contributed by atoms with E-state index in [9.17, 15) is 4.79 Å². The molecular formula is C8H6ClNO2. The Bertz CT molecular complexity index is 362. The van der Waals surface area contributed by atoms with E-state index in [1.54, 1.807) is 12.1 Å². The topological polar surface area (TPSA) is 52.3 Å². The second-order valence-corrected chi connectivity index (χ2v) is 3.02. The van der Waals surface area contributed by atoms with Crippen LogP contribution in [0.25, 0.3) is 0 Å². The minimum absolute atomic E-state index is 0.277. The van der Waals surface area contributed by atoms with Crippen LogP contribution in [0.5, 0.6) is 0 Å². The first-order valence-electron chi connectivity index (χ1n) is 3.43. The quantitative estimate of drug-likeness (QED) is 0.491. The Kier molecular flexibility index (Phi) is 1.48. The molecular weight excluding hydrogens is 178 g/mol. The molecule has 12 heavy (non-hydrogen) atoms. The van der Waals surface area contributed by atoms with Gasteiger partial charge in [0.15, 0.2) is 0 Å². The molecule has 0 aromatic heterocycles. The monoisotopic (exact) mass is 183 g/mol. The molecule has 0 saturated carbocycles. The third kappa shape index (κ3) is 0.940. The van der Waals surface area contributed by atoms with Crippen molar-refractivity contribution in [1.29, 1.82) is 0 Å². The van der Waals surface area contributed by atoms with Gasteiger partial charge in [-0.1, -0.05) is 11.6 Å². The number of nitrogen functional groups attached to an aromatic ring is 1. The van der Waals surface area contributed by atoms with Crippen LogP contribution in [0.2, 0.25) is 5.02 Å². The molecule has 0 aliphatic carbocycles. The predicted octanol–water partition coefficient (Wildman–Crippen LogP) is 1.59. The van der Waals surface area contributed by atoms with E-state index < -0.39 is 0 Å². The fraction of sp³-hybridized carbons (Fsp3) is 0.125. The second-order valence-electron chi connectivity index (χ2n) is 2.61. The first kappa shape index (κ1) is 7.43. The third-order valence-electron chi connectivity index (χ3n) is 1.76. The number of fused-ring (bicyclic) bond motifs is 1. The number of nitrogens with two attached hydrogens (primary N) is 1. The van der Waals surface area contributed by atoms with Crippen LogP contribution >= 0.6 is 11.6 Å². The number of hydrogen-bond acceptors (Lipinski definition) is 3. The van der Waals surface area contributed by atoms with E-state index >= 15 is 0 Å². The molecule has 1 aromatic carbocycles. The van der Waals surface area contributed by atoms with E-state index in [2.05, 4.69) is 0 Å². The molecule has 0 amide bonds. The summed E-state index contributed by atoms with van der Waals surface area (Å²) in [5.74, 6) is -0.366. The maximum absolute atomic E-state index is 11.1. The summed E-state index contributed by atoms with van der Waals surface area (Å²) in [4.78, 5) is 11.1. The van der Waals surface area contributed by atoms with E-state index in [4.69, 9.17) is 22.1 Å². The molecule has 2 N–H and O–H groups in total. The summed E-state index contributed by atoms with van der Waals surface area (Å²) in [6.45, 7) is 0.277. The van der Waals surface area contributed by atoms with E-state index in [0.29, 0.717) is 16.3 Å². The van der Waals surface area contributed by atoms with Crippen molar-refractivity contribution in [2.45, 2.75) is 6.61 Å². The number of rotatable bonds is 0. The number of ether oxygens (including phenoxy) is 1. The molecule has 1 aromatic rings. The fourth-order valence-corrected chi connectivity index (χ4v) is 1.57. The van der Waals surface area contributed by atoms with Crippen molar-refractivity contribution in [3.05, 3.63) is 28.3 Å². The Morgan fingerprint density at radius 3 is 3.00 bits per heavy atom. The van der Waals surface area contributed by atoms with Gasteiger partial charge in [0.1, 0.15) is 6.61 Å². The Balaban J connectivity index is 2.68. The Morgan fingerprint density at radius 2 is 2.25 bits per heavy atom. The molecule has 0 saturated heterocycles. The molecule has 0 fully saturated rings. The van der Waals surface area contributed by atoms with Crippen LogP contribution < -0.4 is 5.73 Å². The maximum atomic E-state index is 11.1. The van der Waals surface area contributed by atoms with Gasteiger partial charge in [-0.2, -0.15) is 0 Å². The van der Waals surface area contributed by atoms with Gasteiger partial charge in [-0.25, -0.2) is 4.79 Å². The number of halogens is 1. The standard InChI is InChI=1S/C8H6ClNO2/c9-6-2-5(10)1-4-3-12-8(11)7(4)6/h1-2H,3,10H2. The van der Waals surface area contributed by atoms with Gasteiger partial charge in [0.25, 0.3) is 0 Å². The third-order valence-corrected chi connectivity index (χ3v) is 2.06. The number of anilines is 1. The highest BCUT2D eigenvalue weighted by Gasteiger charge is 2.24. The van der Waals surface area contributed by atoms with Gasteiger partial charge >= 0.3 is 5.97 Å². The summed E-state index contributed by atoms with van der Waals surface area (Å²) in [6.07, 6.45) is 0.